The second kappa shape index (κ2) is 5.65. The van der Waals surface area contributed by atoms with Crippen molar-refractivity contribution in [3.05, 3.63) is 0 Å². The van der Waals surface area contributed by atoms with Gasteiger partial charge in [0.25, 0.3) is 0 Å². The first-order valence-electron chi connectivity index (χ1n) is 5.56. The molecule has 1 rings (SSSR count). The maximum atomic E-state index is 11.7. The minimum absolute atomic E-state index is 0.272. The van der Waals surface area contributed by atoms with Gasteiger partial charge in [0.1, 0.15) is 6.04 Å². The highest BCUT2D eigenvalue weighted by molar-refractivity contribution is 5.86. The lowest BCUT2D eigenvalue weighted by Gasteiger charge is -2.15. The Kier molecular flexibility index (Phi) is 4.48. The molecule has 1 aliphatic carbocycles. The maximum Gasteiger partial charge on any atom is 0.328 e. The largest absolute Gasteiger partial charge is 0.481 e. The van der Waals surface area contributed by atoms with Crippen LogP contribution in [0.1, 0.15) is 26.2 Å². The van der Waals surface area contributed by atoms with Crippen molar-refractivity contribution in [2.45, 2.75) is 32.2 Å². The van der Waals surface area contributed by atoms with Gasteiger partial charge < -0.3 is 15.2 Å². The van der Waals surface area contributed by atoms with Gasteiger partial charge in [-0.05, 0) is 26.2 Å². The molecule has 0 aliphatic heterocycles. The first-order chi connectivity index (χ1) is 7.95. The molecule has 17 heavy (non-hydrogen) atoms. The number of carbonyl (C=O) groups is 3. The quantitative estimate of drug-likeness (QED) is 0.686. The van der Waals surface area contributed by atoms with Crippen molar-refractivity contribution in [3.63, 3.8) is 0 Å². The third-order valence-electron chi connectivity index (χ3n) is 3.07. The van der Waals surface area contributed by atoms with Gasteiger partial charge in [-0.1, -0.05) is 0 Å². The lowest BCUT2D eigenvalue weighted by Crippen LogP contribution is -2.41. The highest BCUT2D eigenvalue weighted by atomic mass is 16.5. The molecular weight excluding hydrogens is 226 g/mol. The SMILES string of the molecule is COC(=O)C(C)NC(=O)[C@@H]1CC[C@H](C(=O)O)C1. The molecule has 1 unspecified atom stereocenters. The summed E-state index contributed by atoms with van der Waals surface area (Å²) in [6.07, 6.45) is 1.41. The van der Waals surface area contributed by atoms with Crippen molar-refractivity contribution in [2.75, 3.05) is 7.11 Å². The third-order valence-corrected chi connectivity index (χ3v) is 3.07. The highest BCUT2D eigenvalue weighted by Crippen LogP contribution is 2.31. The van der Waals surface area contributed by atoms with Crippen LogP contribution in [0, 0.1) is 11.8 Å². The molecule has 0 aromatic rings. The van der Waals surface area contributed by atoms with Crippen LogP contribution < -0.4 is 5.32 Å². The topological polar surface area (TPSA) is 92.7 Å². The molecule has 1 fully saturated rings. The summed E-state index contributed by atoms with van der Waals surface area (Å²) in [7, 11) is 1.25. The molecule has 0 spiro atoms. The molecule has 3 atom stereocenters. The second-order valence-corrected chi connectivity index (χ2v) is 4.30. The summed E-state index contributed by atoms with van der Waals surface area (Å²) in [5, 5.41) is 11.3. The summed E-state index contributed by atoms with van der Waals surface area (Å²) >= 11 is 0. The number of methoxy groups -OCH3 is 1. The Hall–Kier alpha value is -1.59. The van der Waals surface area contributed by atoms with Crippen LogP contribution in [0.3, 0.4) is 0 Å². The molecule has 0 radical (unpaired) electrons. The van der Waals surface area contributed by atoms with Crippen LogP contribution in [0.2, 0.25) is 0 Å². The molecule has 0 aromatic heterocycles. The van der Waals surface area contributed by atoms with E-state index >= 15 is 0 Å². The third kappa shape index (κ3) is 3.44. The van der Waals surface area contributed by atoms with Crippen molar-refractivity contribution < 1.29 is 24.2 Å². The minimum atomic E-state index is -0.860. The lowest BCUT2D eigenvalue weighted by molar-refractivity contribution is -0.145. The molecule has 1 aliphatic rings. The Morgan fingerprint density at radius 1 is 1.29 bits per heavy atom. The van der Waals surface area contributed by atoms with E-state index in [2.05, 4.69) is 10.1 Å². The van der Waals surface area contributed by atoms with E-state index in [-0.39, 0.29) is 11.8 Å². The minimum Gasteiger partial charge on any atom is -0.481 e. The average Bonchev–Trinajstić information content (AvgIpc) is 2.77. The van der Waals surface area contributed by atoms with Crippen LogP contribution >= 0.6 is 0 Å². The predicted octanol–water partition coefficient (Wildman–Crippen LogP) is 0.165. The van der Waals surface area contributed by atoms with Gasteiger partial charge in [-0.25, -0.2) is 4.79 Å². The average molecular weight is 243 g/mol. The van der Waals surface area contributed by atoms with E-state index in [4.69, 9.17) is 5.11 Å². The number of esters is 1. The zero-order valence-corrected chi connectivity index (χ0v) is 9.93. The Bertz CT molecular complexity index is 328. The van der Waals surface area contributed by atoms with E-state index in [1.54, 1.807) is 0 Å². The standard InChI is InChI=1S/C11H17NO5/c1-6(11(16)17-2)12-9(13)7-3-4-8(5-7)10(14)15/h6-8H,3-5H2,1-2H3,(H,12,13)(H,14,15)/t6?,7-,8+/m1/s1. The number of carboxylic acids is 1. The van der Waals surface area contributed by atoms with Gasteiger partial charge in [0.05, 0.1) is 13.0 Å². The Balaban J connectivity index is 2.45. The number of carbonyl (C=O) groups excluding carboxylic acids is 2. The van der Waals surface area contributed by atoms with Crippen LogP contribution in [0.4, 0.5) is 0 Å². The summed E-state index contributed by atoms with van der Waals surface area (Å²) in [6, 6.07) is -0.698. The van der Waals surface area contributed by atoms with Gasteiger partial charge in [-0.15, -0.1) is 0 Å². The fourth-order valence-electron chi connectivity index (χ4n) is 2.01. The van der Waals surface area contributed by atoms with Crippen molar-refractivity contribution in [3.8, 4) is 0 Å². The van der Waals surface area contributed by atoms with Gasteiger partial charge in [-0.3, -0.25) is 9.59 Å². The fraction of sp³-hybridized carbons (Fsp3) is 0.727. The highest BCUT2D eigenvalue weighted by Gasteiger charge is 2.34. The summed E-state index contributed by atoms with van der Waals surface area (Å²) < 4.78 is 4.49. The van der Waals surface area contributed by atoms with Gasteiger partial charge in [0.15, 0.2) is 0 Å². The Morgan fingerprint density at radius 3 is 2.35 bits per heavy atom. The molecular formula is C11H17NO5. The van der Waals surface area contributed by atoms with E-state index < -0.39 is 23.9 Å². The molecule has 1 saturated carbocycles. The predicted molar refractivity (Wildman–Crippen MR) is 58.1 cm³/mol. The maximum absolute atomic E-state index is 11.7. The zero-order valence-electron chi connectivity index (χ0n) is 9.93. The first kappa shape index (κ1) is 13.5. The monoisotopic (exact) mass is 243 g/mol. The molecule has 6 nitrogen and oxygen atoms in total. The second-order valence-electron chi connectivity index (χ2n) is 4.30. The lowest BCUT2D eigenvalue weighted by atomic mass is 10.0. The number of rotatable bonds is 4. The van der Waals surface area contributed by atoms with Crippen LogP contribution in [-0.2, 0) is 19.1 Å². The van der Waals surface area contributed by atoms with Crippen molar-refractivity contribution in [1.82, 2.24) is 5.32 Å². The molecule has 2 N–H and O–H groups in total. The number of aliphatic carboxylic acids is 1. The van der Waals surface area contributed by atoms with Gasteiger partial charge >= 0.3 is 11.9 Å². The number of hydrogen-bond acceptors (Lipinski definition) is 4. The van der Waals surface area contributed by atoms with Crippen molar-refractivity contribution >= 4 is 17.8 Å². The van der Waals surface area contributed by atoms with Gasteiger partial charge in [0, 0.05) is 5.92 Å². The van der Waals surface area contributed by atoms with Crippen molar-refractivity contribution in [2.24, 2.45) is 11.8 Å². The molecule has 96 valence electrons. The fourth-order valence-corrected chi connectivity index (χ4v) is 2.01. The van der Waals surface area contributed by atoms with E-state index in [1.165, 1.54) is 14.0 Å². The smallest absolute Gasteiger partial charge is 0.328 e. The number of nitrogens with one attached hydrogen (secondary N) is 1. The molecule has 1 amide bonds. The Morgan fingerprint density at radius 2 is 1.88 bits per heavy atom. The van der Waals surface area contributed by atoms with E-state index in [0.29, 0.717) is 19.3 Å². The summed E-state index contributed by atoms with van der Waals surface area (Å²) in [4.78, 5) is 33.6. The van der Waals surface area contributed by atoms with E-state index in [0.717, 1.165) is 0 Å². The number of ether oxygens (including phenoxy) is 1. The van der Waals surface area contributed by atoms with E-state index in [9.17, 15) is 14.4 Å². The molecule has 0 heterocycles. The summed E-state index contributed by atoms with van der Waals surface area (Å²) in [5.74, 6) is -2.40. The Labute approximate surface area is 99.3 Å². The van der Waals surface area contributed by atoms with Gasteiger partial charge in [-0.2, -0.15) is 0 Å². The number of carboxylic acid groups (broad SMARTS) is 1. The van der Waals surface area contributed by atoms with Crippen LogP contribution in [0.25, 0.3) is 0 Å². The van der Waals surface area contributed by atoms with Crippen LogP contribution in [0.5, 0.6) is 0 Å². The number of amides is 1. The normalized spacial score (nSPS) is 25.1. The molecule has 0 saturated heterocycles. The molecule has 6 heteroatoms. The first-order valence-corrected chi connectivity index (χ1v) is 5.56. The van der Waals surface area contributed by atoms with E-state index in [1.807, 2.05) is 0 Å². The summed E-state index contributed by atoms with van der Waals surface area (Å²) in [5.41, 5.74) is 0. The number of hydrogen-bond donors (Lipinski definition) is 2. The summed E-state index contributed by atoms with van der Waals surface area (Å²) in [6.45, 7) is 1.54. The molecule has 0 aromatic carbocycles. The molecule has 0 bridgehead atoms. The van der Waals surface area contributed by atoms with Gasteiger partial charge in [0.2, 0.25) is 5.91 Å². The van der Waals surface area contributed by atoms with Crippen molar-refractivity contribution in [1.29, 1.82) is 0 Å². The van der Waals surface area contributed by atoms with Crippen LogP contribution in [0.15, 0.2) is 0 Å². The zero-order chi connectivity index (χ0) is 13.0. The van der Waals surface area contributed by atoms with Crippen LogP contribution in [-0.4, -0.2) is 36.1 Å².